The molecule has 0 bridgehead atoms. The Balaban J connectivity index is 1.74. The van der Waals surface area contributed by atoms with E-state index in [1.54, 1.807) is 4.90 Å². The molecule has 2 heterocycles. The number of nitrogens with zero attached hydrogens (tertiary/aromatic N) is 3. The Morgan fingerprint density at radius 2 is 2.08 bits per heavy atom. The second-order valence-electron chi connectivity index (χ2n) is 7.27. The number of anilines is 1. The van der Waals surface area contributed by atoms with Crippen molar-refractivity contribution >= 4 is 34.4 Å². The minimum atomic E-state index is -0.492. The Morgan fingerprint density at radius 3 is 2.84 bits per heavy atom. The summed E-state index contributed by atoms with van der Waals surface area (Å²) in [6.07, 6.45) is 1.59. The molecule has 1 N–H and O–H groups in total. The Hall–Kier alpha value is -2.08. The first-order valence-electron chi connectivity index (χ1n) is 8.48. The zero-order chi connectivity index (χ0) is 18.0. The first kappa shape index (κ1) is 17.7. The highest BCUT2D eigenvalue weighted by Gasteiger charge is 2.28. The average Bonchev–Trinajstić information content (AvgIpc) is 2.53. The summed E-state index contributed by atoms with van der Waals surface area (Å²) in [6, 6.07) is 7.82. The Kier molecular flexibility index (Phi) is 4.99. The number of hydrogen-bond donors (Lipinski definition) is 1. The van der Waals surface area contributed by atoms with Gasteiger partial charge in [-0.2, -0.15) is 0 Å². The van der Waals surface area contributed by atoms with E-state index in [2.05, 4.69) is 15.3 Å². The van der Waals surface area contributed by atoms with E-state index in [4.69, 9.17) is 16.3 Å². The van der Waals surface area contributed by atoms with E-state index in [0.717, 1.165) is 23.7 Å². The van der Waals surface area contributed by atoms with Crippen LogP contribution in [0.2, 0.25) is 5.28 Å². The van der Waals surface area contributed by atoms with Crippen LogP contribution < -0.4 is 5.32 Å². The van der Waals surface area contributed by atoms with Crippen LogP contribution in [0.25, 0.3) is 10.9 Å². The van der Waals surface area contributed by atoms with Crippen molar-refractivity contribution in [3.05, 3.63) is 29.5 Å². The van der Waals surface area contributed by atoms with Crippen LogP contribution >= 0.6 is 11.6 Å². The monoisotopic (exact) mass is 362 g/mol. The summed E-state index contributed by atoms with van der Waals surface area (Å²) in [7, 11) is 0. The Bertz CT molecular complexity index is 775. The number of piperidine rings is 1. The van der Waals surface area contributed by atoms with E-state index in [9.17, 15) is 4.79 Å². The predicted octanol–water partition coefficient (Wildman–Crippen LogP) is 4.09. The summed E-state index contributed by atoms with van der Waals surface area (Å²) in [5.74, 6) is 0.701. The number of hydrogen-bond acceptors (Lipinski definition) is 5. The lowest BCUT2D eigenvalue weighted by Gasteiger charge is -2.34. The highest BCUT2D eigenvalue weighted by atomic mass is 35.5. The number of likely N-dealkylation sites (tertiary alicyclic amines) is 1. The van der Waals surface area contributed by atoms with E-state index in [1.807, 2.05) is 45.0 Å². The molecule has 7 heteroatoms. The lowest BCUT2D eigenvalue weighted by atomic mass is 10.1. The standard InChI is InChI=1S/C18H23ClN4O2/c1-18(2,3)25-17(24)23-10-6-7-12(11-23)20-15-13-8-4-5-9-14(13)21-16(19)22-15/h4-5,8-9,12H,6-7,10-11H2,1-3H3,(H,20,21,22). The minimum Gasteiger partial charge on any atom is -0.444 e. The maximum atomic E-state index is 12.3. The number of aromatic nitrogens is 2. The molecule has 1 aromatic heterocycles. The number of fused-ring (bicyclic) bond motifs is 1. The fourth-order valence-corrected chi connectivity index (χ4v) is 3.11. The van der Waals surface area contributed by atoms with Gasteiger partial charge in [0, 0.05) is 24.5 Å². The molecule has 1 amide bonds. The Labute approximate surface area is 152 Å². The van der Waals surface area contributed by atoms with E-state index >= 15 is 0 Å². The summed E-state index contributed by atoms with van der Waals surface area (Å²) in [5.41, 5.74) is 0.304. The summed E-state index contributed by atoms with van der Waals surface area (Å²) in [5, 5.41) is 4.55. The van der Waals surface area contributed by atoms with Crippen molar-refractivity contribution in [3.8, 4) is 0 Å². The van der Waals surface area contributed by atoms with E-state index < -0.39 is 5.60 Å². The molecule has 0 saturated carbocycles. The van der Waals surface area contributed by atoms with Crippen LogP contribution in [0, 0.1) is 0 Å². The number of nitrogens with one attached hydrogen (secondary N) is 1. The molecule has 25 heavy (non-hydrogen) atoms. The second-order valence-corrected chi connectivity index (χ2v) is 7.61. The maximum Gasteiger partial charge on any atom is 0.410 e. The third-order valence-corrected chi connectivity index (χ3v) is 4.16. The van der Waals surface area contributed by atoms with Gasteiger partial charge in [0.05, 0.1) is 5.52 Å². The van der Waals surface area contributed by atoms with Gasteiger partial charge in [-0.25, -0.2) is 14.8 Å². The molecule has 0 aliphatic carbocycles. The van der Waals surface area contributed by atoms with Gasteiger partial charge in [-0.15, -0.1) is 0 Å². The number of ether oxygens (including phenoxy) is 1. The summed E-state index contributed by atoms with van der Waals surface area (Å²) >= 11 is 6.05. The van der Waals surface area contributed by atoms with Crippen LogP contribution in [-0.2, 0) is 4.74 Å². The molecule has 134 valence electrons. The molecule has 3 rings (SSSR count). The normalized spacial score (nSPS) is 18.2. The predicted molar refractivity (Wildman–Crippen MR) is 99.0 cm³/mol. The maximum absolute atomic E-state index is 12.3. The molecule has 2 aromatic rings. The number of halogens is 1. The number of carbonyl (C=O) groups is 1. The topological polar surface area (TPSA) is 67.3 Å². The number of carbonyl (C=O) groups excluding carboxylic acids is 1. The van der Waals surface area contributed by atoms with E-state index in [-0.39, 0.29) is 17.4 Å². The number of para-hydroxylation sites is 1. The van der Waals surface area contributed by atoms with Crippen LogP contribution in [-0.4, -0.2) is 45.7 Å². The van der Waals surface area contributed by atoms with Gasteiger partial charge < -0.3 is 15.0 Å². The molecule has 0 spiro atoms. The molecule has 1 fully saturated rings. The quantitative estimate of drug-likeness (QED) is 0.815. The molecule has 1 aliphatic rings. The number of rotatable bonds is 2. The summed E-state index contributed by atoms with van der Waals surface area (Å²) in [4.78, 5) is 22.6. The van der Waals surface area contributed by atoms with Gasteiger partial charge in [-0.05, 0) is 57.3 Å². The van der Waals surface area contributed by atoms with E-state index in [1.165, 1.54) is 0 Å². The highest BCUT2D eigenvalue weighted by Crippen LogP contribution is 2.24. The van der Waals surface area contributed by atoms with Gasteiger partial charge >= 0.3 is 6.09 Å². The van der Waals surface area contributed by atoms with E-state index in [0.29, 0.717) is 18.9 Å². The number of benzene rings is 1. The number of amides is 1. The van der Waals surface area contributed by atoms with Crippen LogP contribution in [0.1, 0.15) is 33.6 Å². The van der Waals surface area contributed by atoms with Crippen LogP contribution in [0.5, 0.6) is 0 Å². The molecule has 1 saturated heterocycles. The van der Waals surface area contributed by atoms with Gasteiger partial charge in [-0.3, -0.25) is 0 Å². The largest absolute Gasteiger partial charge is 0.444 e. The van der Waals surface area contributed by atoms with Crippen molar-refractivity contribution in [1.82, 2.24) is 14.9 Å². The van der Waals surface area contributed by atoms with Crippen LogP contribution in [0.15, 0.2) is 24.3 Å². The molecule has 6 nitrogen and oxygen atoms in total. The zero-order valence-electron chi connectivity index (χ0n) is 14.8. The third kappa shape index (κ3) is 4.51. The molecule has 1 unspecified atom stereocenters. The van der Waals surface area contributed by atoms with Crippen LogP contribution in [0.3, 0.4) is 0 Å². The molecular weight excluding hydrogens is 340 g/mol. The summed E-state index contributed by atoms with van der Waals surface area (Å²) < 4.78 is 5.48. The smallest absolute Gasteiger partial charge is 0.410 e. The SMILES string of the molecule is CC(C)(C)OC(=O)N1CCCC(Nc2nc(Cl)nc3ccccc23)C1. The van der Waals surface area contributed by atoms with Crippen molar-refractivity contribution < 1.29 is 9.53 Å². The van der Waals surface area contributed by atoms with Crippen molar-refractivity contribution in [2.75, 3.05) is 18.4 Å². The average molecular weight is 363 g/mol. The highest BCUT2D eigenvalue weighted by molar-refractivity contribution is 6.28. The summed E-state index contributed by atoms with van der Waals surface area (Å²) in [6.45, 7) is 6.90. The third-order valence-electron chi connectivity index (χ3n) is 3.99. The molecule has 0 radical (unpaired) electrons. The first-order chi connectivity index (χ1) is 11.8. The first-order valence-corrected chi connectivity index (χ1v) is 8.86. The van der Waals surface area contributed by atoms with Crippen molar-refractivity contribution in [2.45, 2.75) is 45.3 Å². The van der Waals surface area contributed by atoms with Crippen molar-refractivity contribution in [2.24, 2.45) is 0 Å². The van der Waals surface area contributed by atoms with Gasteiger partial charge in [0.25, 0.3) is 0 Å². The lowest BCUT2D eigenvalue weighted by molar-refractivity contribution is 0.0206. The van der Waals surface area contributed by atoms with Gasteiger partial charge in [0.2, 0.25) is 5.28 Å². The second kappa shape index (κ2) is 7.04. The zero-order valence-corrected chi connectivity index (χ0v) is 15.5. The molecule has 1 aromatic carbocycles. The fourth-order valence-electron chi connectivity index (χ4n) is 2.94. The van der Waals surface area contributed by atoms with Crippen molar-refractivity contribution in [3.63, 3.8) is 0 Å². The van der Waals surface area contributed by atoms with Gasteiger partial charge in [0.1, 0.15) is 11.4 Å². The molecule has 1 atom stereocenters. The minimum absolute atomic E-state index is 0.0932. The van der Waals surface area contributed by atoms with Crippen LogP contribution in [0.4, 0.5) is 10.6 Å². The molecular formula is C18H23ClN4O2. The lowest BCUT2D eigenvalue weighted by Crippen LogP contribution is -2.47. The Morgan fingerprint density at radius 1 is 1.32 bits per heavy atom. The van der Waals surface area contributed by atoms with Crippen molar-refractivity contribution in [1.29, 1.82) is 0 Å². The fraction of sp³-hybridized carbons (Fsp3) is 0.500. The van der Waals surface area contributed by atoms with Gasteiger partial charge in [0.15, 0.2) is 0 Å². The van der Waals surface area contributed by atoms with Gasteiger partial charge in [-0.1, -0.05) is 12.1 Å². The molecule has 1 aliphatic heterocycles.